The third-order valence-corrected chi connectivity index (χ3v) is 1.39. The van der Waals surface area contributed by atoms with Crippen molar-refractivity contribution in [3.05, 3.63) is 0 Å². The molecule has 0 heterocycles. The van der Waals surface area contributed by atoms with Gasteiger partial charge in [-0.15, -0.1) is 24.8 Å². The molecule has 0 saturated carbocycles. The van der Waals surface area contributed by atoms with E-state index in [1.54, 1.807) is 0 Å². The molecule has 0 fully saturated rings. The molecule has 1 atom stereocenters. The lowest BCUT2D eigenvalue weighted by Gasteiger charge is -2.12. The Morgan fingerprint density at radius 3 is 2.23 bits per heavy atom. The Labute approximate surface area is 91.6 Å². The number of nitrogens with zero attached hydrogens (tertiary/aromatic N) is 1. The Balaban J connectivity index is -0.000000500. The summed E-state index contributed by atoms with van der Waals surface area (Å²) in [5, 5.41) is 0. The molecule has 13 heavy (non-hydrogen) atoms. The molecular formula is C7H18Cl2N2O2. The number of methoxy groups -OCH3 is 1. The van der Waals surface area contributed by atoms with Crippen molar-refractivity contribution < 1.29 is 9.53 Å². The average Bonchev–Trinajstić information content (AvgIpc) is 1.98. The standard InChI is InChI=1S/C7H16N2O2.2ClH/c1-9(2)5-4-6(8)7(10)11-3;;/h6H,4-5,8H2,1-3H3;2*1H. The maximum Gasteiger partial charge on any atom is 0.322 e. The Morgan fingerprint density at radius 2 is 1.92 bits per heavy atom. The van der Waals surface area contributed by atoms with E-state index in [0.29, 0.717) is 6.42 Å². The van der Waals surface area contributed by atoms with Gasteiger partial charge in [0.2, 0.25) is 0 Å². The summed E-state index contributed by atoms with van der Waals surface area (Å²) in [5.41, 5.74) is 5.47. The Bertz CT molecular complexity index is 134. The van der Waals surface area contributed by atoms with Crippen LogP contribution in [-0.4, -0.2) is 44.7 Å². The lowest BCUT2D eigenvalue weighted by molar-refractivity contribution is -0.142. The number of halogens is 2. The van der Waals surface area contributed by atoms with Crippen LogP contribution >= 0.6 is 24.8 Å². The molecule has 0 rings (SSSR count). The first-order valence-electron chi connectivity index (χ1n) is 3.56. The van der Waals surface area contributed by atoms with Crippen molar-refractivity contribution >= 4 is 30.8 Å². The number of hydrogen-bond acceptors (Lipinski definition) is 4. The molecule has 0 aliphatic carbocycles. The van der Waals surface area contributed by atoms with Gasteiger partial charge in [0, 0.05) is 0 Å². The number of carbonyl (C=O) groups is 1. The maximum absolute atomic E-state index is 10.8. The molecule has 0 aromatic carbocycles. The zero-order valence-corrected chi connectivity index (χ0v) is 9.78. The van der Waals surface area contributed by atoms with E-state index in [2.05, 4.69) is 4.74 Å². The number of nitrogens with two attached hydrogens (primary N) is 1. The zero-order chi connectivity index (χ0) is 8.85. The van der Waals surface area contributed by atoms with Gasteiger partial charge in [0.1, 0.15) is 6.04 Å². The van der Waals surface area contributed by atoms with Gasteiger partial charge in [0.25, 0.3) is 0 Å². The second kappa shape index (κ2) is 10.1. The lowest BCUT2D eigenvalue weighted by atomic mass is 10.2. The van der Waals surface area contributed by atoms with Crippen molar-refractivity contribution in [1.29, 1.82) is 0 Å². The van der Waals surface area contributed by atoms with Gasteiger partial charge in [-0.05, 0) is 27.1 Å². The fourth-order valence-electron chi connectivity index (χ4n) is 0.667. The maximum atomic E-state index is 10.8. The third kappa shape index (κ3) is 9.89. The lowest BCUT2D eigenvalue weighted by Crippen LogP contribution is -2.34. The molecule has 0 aliphatic rings. The normalized spacial score (nSPS) is 11.2. The summed E-state index contributed by atoms with van der Waals surface area (Å²) >= 11 is 0. The first kappa shape index (κ1) is 18.7. The van der Waals surface area contributed by atoms with E-state index in [4.69, 9.17) is 5.73 Å². The minimum atomic E-state index is -0.484. The monoisotopic (exact) mass is 232 g/mol. The van der Waals surface area contributed by atoms with Crippen LogP contribution in [-0.2, 0) is 9.53 Å². The van der Waals surface area contributed by atoms with Crippen LogP contribution in [0.25, 0.3) is 0 Å². The van der Waals surface area contributed by atoms with E-state index in [-0.39, 0.29) is 30.8 Å². The molecule has 0 saturated heterocycles. The number of ether oxygens (including phenoxy) is 1. The Morgan fingerprint density at radius 1 is 1.46 bits per heavy atom. The third-order valence-electron chi connectivity index (χ3n) is 1.39. The molecule has 0 radical (unpaired) electrons. The summed E-state index contributed by atoms with van der Waals surface area (Å²) in [6.07, 6.45) is 0.639. The summed E-state index contributed by atoms with van der Waals surface area (Å²) in [7, 11) is 5.21. The topological polar surface area (TPSA) is 55.6 Å². The van der Waals surface area contributed by atoms with Gasteiger partial charge in [0.05, 0.1) is 7.11 Å². The van der Waals surface area contributed by atoms with E-state index in [0.717, 1.165) is 6.54 Å². The highest BCUT2D eigenvalue weighted by atomic mass is 35.5. The van der Waals surface area contributed by atoms with Crippen LogP contribution in [0.3, 0.4) is 0 Å². The van der Waals surface area contributed by atoms with Gasteiger partial charge in [-0.1, -0.05) is 0 Å². The molecule has 0 amide bonds. The van der Waals surface area contributed by atoms with E-state index < -0.39 is 6.04 Å². The smallest absolute Gasteiger partial charge is 0.322 e. The average molecular weight is 233 g/mol. The molecule has 0 aliphatic heterocycles. The number of rotatable bonds is 4. The molecule has 0 bridgehead atoms. The van der Waals surface area contributed by atoms with Crippen LogP contribution in [0.5, 0.6) is 0 Å². The van der Waals surface area contributed by atoms with Gasteiger partial charge in [-0.25, -0.2) is 0 Å². The zero-order valence-electron chi connectivity index (χ0n) is 8.15. The predicted molar refractivity (Wildman–Crippen MR) is 57.7 cm³/mol. The van der Waals surface area contributed by atoms with Crippen molar-refractivity contribution in [3.8, 4) is 0 Å². The van der Waals surface area contributed by atoms with Crippen molar-refractivity contribution in [2.45, 2.75) is 12.5 Å². The second-order valence-electron chi connectivity index (χ2n) is 2.72. The summed E-state index contributed by atoms with van der Waals surface area (Å²) < 4.78 is 4.46. The van der Waals surface area contributed by atoms with Crippen LogP contribution in [0.2, 0.25) is 0 Å². The molecule has 4 nitrogen and oxygen atoms in total. The van der Waals surface area contributed by atoms with Crippen molar-refractivity contribution in [2.24, 2.45) is 5.73 Å². The first-order valence-corrected chi connectivity index (χ1v) is 3.56. The van der Waals surface area contributed by atoms with Crippen LogP contribution < -0.4 is 5.73 Å². The molecule has 0 spiro atoms. The largest absolute Gasteiger partial charge is 0.468 e. The predicted octanol–water partition coefficient (Wildman–Crippen LogP) is 0.282. The Kier molecular flexibility index (Phi) is 14.5. The van der Waals surface area contributed by atoms with Gasteiger partial charge in [-0.2, -0.15) is 0 Å². The van der Waals surface area contributed by atoms with E-state index >= 15 is 0 Å². The summed E-state index contributed by atoms with van der Waals surface area (Å²) in [5.74, 6) is -0.341. The SMILES string of the molecule is COC(=O)C(N)CCN(C)C.Cl.Cl. The van der Waals surface area contributed by atoms with Crippen molar-refractivity contribution in [3.63, 3.8) is 0 Å². The van der Waals surface area contributed by atoms with Gasteiger partial charge >= 0.3 is 5.97 Å². The van der Waals surface area contributed by atoms with E-state index in [1.165, 1.54) is 7.11 Å². The van der Waals surface area contributed by atoms with Crippen LogP contribution in [0.15, 0.2) is 0 Å². The first-order chi connectivity index (χ1) is 5.07. The van der Waals surface area contributed by atoms with Gasteiger partial charge in [0.15, 0.2) is 0 Å². The second-order valence-corrected chi connectivity index (χ2v) is 2.72. The summed E-state index contributed by atoms with van der Waals surface area (Å²) in [6, 6.07) is -0.484. The molecule has 2 N–H and O–H groups in total. The fraction of sp³-hybridized carbons (Fsp3) is 0.857. The Hall–Kier alpha value is -0.0300. The fourth-order valence-corrected chi connectivity index (χ4v) is 0.667. The highest BCUT2D eigenvalue weighted by molar-refractivity contribution is 5.85. The van der Waals surface area contributed by atoms with Crippen molar-refractivity contribution in [1.82, 2.24) is 4.90 Å². The van der Waals surface area contributed by atoms with Gasteiger partial charge in [-0.3, -0.25) is 4.79 Å². The molecule has 6 heteroatoms. The van der Waals surface area contributed by atoms with Crippen LogP contribution in [0.1, 0.15) is 6.42 Å². The summed E-state index contributed by atoms with van der Waals surface area (Å²) in [4.78, 5) is 12.7. The van der Waals surface area contributed by atoms with Crippen LogP contribution in [0.4, 0.5) is 0 Å². The number of hydrogen-bond donors (Lipinski definition) is 1. The van der Waals surface area contributed by atoms with E-state index in [1.807, 2.05) is 19.0 Å². The minimum absolute atomic E-state index is 0. The minimum Gasteiger partial charge on any atom is -0.468 e. The molecule has 0 aromatic heterocycles. The molecule has 82 valence electrons. The number of carbonyl (C=O) groups excluding carboxylic acids is 1. The molecular weight excluding hydrogens is 215 g/mol. The molecule has 1 unspecified atom stereocenters. The van der Waals surface area contributed by atoms with Crippen molar-refractivity contribution in [2.75, 3.05) is 27.7 Å². The highest BCUT2D eigenvalue weighted by Gasteiger charge is 2.12. The van der Waals surface area contributed by atoms with Gasteiger partial charge < -0.3 is 15.4 Å². The highest BCUT2D eigenvalue weighted by Crippen LogP contribution is 1.91. The molecule has 0 aromatic rings. The quantitative estimate of drug-likeness (QED) is 0.709. The number of esters is 1. The van der Waals surface area contributed by atoms with E-state index in [9.17, 15) is 4.79 Å². The summed E-state index contributed by atoms with van der Waals surface area (Å²) in [6.45, 7) is 0.802. The van der Waals surface area contributed by atoms with Crippen LogP contribution in [0, 0.1) is 0 Å².